The molecule has 2 rings (SSSR count). The lowest BCUT2D eigenvalue weighted by Gasteiger charge is -2.18. The summed E-state index contributed by atoms with van der Waals surface area (Å²) in [5.74, 6) is -0.424. The standard InChI is InChI=1S/C15H19ClN2O2/c1-3-10(2)17-13(19)15(7-8-15)14(20)18-12-6-4-5-11(16)9-12/h4-6,9-10H,3,7-8H2,1-2H3,(H,17,19)(H,18,20). The summed E-state index contributed by atoms with van der Waals surface area (Å²) in [6.45, 7) is 3.93. The van der Waals surface area contributed by atoms with Crippen molar-refractivity contribution in [2.75, 3.05) is 5.32 Å². The second-order valence-corrected chi connectivity index (χ2v) is 5.77. The summed E-state index contributed by atoms with van der Waals surface area (Å²) in [5.41, 5.74) is -0.281. The number of rotatable bonds is 5. The van der Waals surface area contributed by atoms with E-state index in [0.29, 0.717) is 23.6 Å². The zero-order chi connectivity index (χ0) is 14.8. The zero-order valence-electron chi connectivity index (χ0n) is 11.7. The number of hydrogen-bond donors (Lipinski definition) is 2. The number of amides is 2. The molecule has 1 fully saturated rings. The van der Waals surface area contributed by atoms with Gasteiger partial charge in [-0.25, -0.2) is 0 Å². The summed E-state index contributed by atoms with van der Waals surface area (Å²) in [5, 5.41) is 6.21. The Balaban J connectivity index is 2.03. The van der Waals surface area contributed by atoms with Gasteiger partial charge in [-0.05, 0) is 44.4 Å². The van der Waals surface area contributed by atoms with Gasteiger partial charge in [-0.3, -0.25) is 9.59 Å². The van der Waals surface area contributed by atoms with Crippen molar-refractivity contribution in [2.45, 2.75) is 39.2 Å². The van der Waals surface area contributed by atoms with Crippen LogP contribution in [-0.2, 0) is 9.59 Å². The van der Waals surface area contributed by atoms with Gasteiger partial charge in [-0.1, -0.05) is 24.6 Å². The van der Waals surface area contributed by atoms with E-state index in [1.807, 2.05) is 13.8 Å². The predicted molar refractivity (Wildman–Crippen MR) is 79.6 cm³/mol. The predicted octanol–water partition coefficient (Wildman–Crippen LogP) is 2.97. The zero-order valence-corrected chi connectivity index (χ0v) is 12.5. The summed E-state index contributed by atoms with van der Waals surface area (Å²) >= 11 is 5.88. The van der Waals surface area contributed by atoms with Gasteiger partial charge in [0.2, 0.25) is 11.8 Å². The minimum Gasteiger partial charge on any atom is -0.353 e. The maximum Gasteiger partial charge on any atom is 0.240 e. The molecule has 0 saturated heterocycles. The lowest BCUT2D eigenvalue weighted by molar-refractivity contribution is -0.134. The molecule has 0 heterocycles. The van der Waals surface area contributed by atoms with Gasteiger partial charge in [0, 0.05) is 16.8 Å². The van der Waals surface area contributed by atoms with E-state index in [2.05, 4.69) is 10.6 Å². The minimum absolute atomic E-state index is 0.0824. The van der Waals surface area contributed by atoms with E-state index in [9.17, 15) is 9.59 Å². The first-order valence-corrected chi connectivity index (χ1v) is 7.24. The maximum atomic E-state index is 12.3. The fourth-order valence-corrected chi connectivity index (χ4v) is 2.15. The summed E-state index contributed by atoms with van der Waals surface area (Å²) in [4.78, 5) is 24.5. The average molecular weight is 295 g/mol. The van der Waals surface area contributed by atoms with Crippen molar-refractivity contribution in [3.05, 3.63) is 29.3 Å². The summed E-state index contributed by atoms with van der Waals surface area (Å²) < 4.78 is 0. The smallest absolute Gasteiger partial charge is 0.240 e. The third-order valence-corrected chi connectivity index (χ3v) is 3.93. The number of nitrogens with one attached hydrogen (secondary N) is 2. The van der Waals surface area contributed by atoms with Gasteiger partial charge < -0.3 is 10.6 Å². The normalized spacial score (nSPS) is 17.1. The fourth-order valence-electron chi connectivity index (χ4n) is 1.96. The van der Waals surface area contributed by atoms with Gasteiger partial charge in [-0.2, -0.15) is 0 Å². The Hall–Kier alpha value is -1.55. The molecule has 1 atom stereocenters. The first kappa shape index (κ1) is 14.9. The number of carbonyl (C=O) groups excluding carboxylic acids is 2. The Morgan fingerprint density at radius 2 is 2.05 bits per heavy atom. The third kappa shape index (κ3) is 3.12. The molecule has 1 aromatic rings. The molecule has 0 spiro atoms. The molecule has 20 heavy (non-hydrogen) atoms. The molecular weight excluding hydrogens is 276 g/mol. The lowest BCUT2D eigenvalue weighted by atomic mass is 10.0. The second kappa shape index (κ2) is 5.83. The van der Waals surface area contributed by atoms with Gasteiger partial charge in [0.05, 0.1) is 0 Å². The number of hydrogen-bond acceptors (Lipinski definition) is 2. The molecule has 1 aliphatic carbocycles. The lowest BCUT2D eigenvalue weighted by Crippen LogP contribution is -2.43. The Morgan fingerprint density at radius 1 is 1.35 bits per heavy atom. The van der Waals surface area contributed by atoms with Crippen LogP contribution in [0.2, 0.25) is 5.02 Å². The Kier molecular flexibility index (Phi) is 4.33. The molecule has 2 N–H and O–H groups in total. The molecule has 2 amide bonds. The monoisotopic (exact) mass is 294 g/mol. The summed E-state index contributed by atoms with van der Waals surface area (Å²) in [7, 11) is 0. The van der Waals surface area contributed by atoms with Crippen LogP contribution >= 0.6 is 11.6 Å². The molecule has 0 radical (unpaired) electrons. The maximum absolute atomic E-state index is 12.3. The van der Waals surface area contributed by atoms with E-state index >= 15 is 0 Å². The largest absolute Gasteiger partial charge is 0.353 e. The highest BCUT2D eigenvalue weighted by Crippen LogP contribution is 2.47. The average Bonchev–Trinajstić information content (AvgIpc) is 3.20. The molecule has 0 aromatic heterocycles. The van der Waals surface area contributed by atoms with E-state index < -0.39 is 5.41 Å². The molecular formula is C15H19ClN2O2. The van der Waals surface area contributed by atoms with Gasteiger partial charge in [0.15, 0.2) is 0 Å². The molecule has 0 bridgehead atoms. The van der Waals surface area contributed by atoms with E-state index in [1.54, 1.807) is 24.3 Å². The van der Waals surface area contributed by atoms with Crippen LogP contribution in [0.5, 0.6) is 0 Å². The third-order valence-electron chi connectivity index (χ3n) is 3.69. The van der Waals surface area contributed by atoms with E-state index in [-0.39, 0.29) is 17.9 Å². The van der Waals surface area contributed by atoms with Crippen molar-refractivity contribution in [2.24, 2.45) is 5.41 Å². The highest BCUT2D eigenvalue weighted by Gasteiger charge is 2.56. The molecule has 1 aliphatic rings. The van der Waals surface area contributed by atoms with Crippen LogP contribution in [0.4, 0.5) is 5.69 Å². The highest BCUT2D eigenvalue weighted by molar-refractivity contribution is 6.31. The van der Waals surface area contributed by atoms with Crippen LogP contribution in [0.1, 0.15) is 33.1 Å². The van der Waals surface area contributed by atoms with Crippen LogP contribution in [0.15, 0.2) is 24.3 Å². The van der Waals surface area contributed by atoms with Crippen LogP contribution in [0, 0.1) is 5.41 Å². The minimum atomic E-state index is -0.897. The number of benzene rings is 1. The van der Waals surface area contributed by atoms with Crippen LogP contribution in [0.3, 0.4) is 0 Å². The van der Waals surface area contributed by atoms with E-state index in [4.69, 9.17) is 11.6 Å². The first-order valence-electron chi connectivity index (χ1n) is 6.86. The molecule has 1 saturated carbocycles. The van der Waals surface area contributed by atoms with Gasteiger partial charge >= 0.3 is 0 Å². The number of halogens is 1. The van der Waals surface area contributed by atoms with Crippen LogP contribution in [-0.4, -0.2) is 17.9 Å². The molecule has 5 heteroatoms. The highest BCUT2D eigenvalue weighted by atomic mass is 35.5. The summed E-state index contributed by atoms with van der Waals surface area (Å²) in [6.07, 6.45) is 2.04. The second-order valence-electron chi connectivity index (χ2n) is 5.33. The van der Waals surface area contributed by atoms with Crippen molar-refractivity contribution in [1.82, 2.24) is 5.32 Å². The van der Waals surface area contributed by atoms with Gasteiger partial charge in [0.1, 0.15) is 5.41 Å². The van der Waals surface area contributed by atoms with Crippen LogP contribution < -0.4 is 10.6 Å². The molecule has 0 aliphatic heterocycles. The molecule has 1 aromatic carbocycles. The number of anilines is 1. The van der Waals surface area contributed by atoms with Crippen molar-refractivity contribution in [1.29, 1.82) is 0 Å². The van der Waals surface area contributed by atoms with E-state index in [1.165, 1.54) is 0 Å². The van der Waals surface area contributed by atoms with Crippen LogP contribution in [0.25, 0.3) is 0 Å². The Bertz CT molecular complexity index is 526. The van der Waals surface area contributed by atoms with Gasteiger partial charge in [0.25, 0.3) is 0 Å². The van der Waals surface area contributed by atoms with Crippen molar-refractivity contribution in [3.8, 4) is 0 Å². The van der Waals surface area contributed by atoms with Gasteiger partial charge in [-0.15, -0.1) is 0 Å². The SMILES string of the molecule is CCC(C)NC(=O)C1(C(=O)Nc2cccc(Cl)c2)CC1. The summed E-state index contributed by atoms with van der Waals surface area (Å²) in [6, 6.07) is 7.00. The molecule has 4 nitrogen and oxygen atoms in total. The topological polar surface area (TPSA) is 58.2 Å². The fraction of sp³-hybridized carbons (Fsp3) is 0.467. The Labute approximate surface area is 123 Å². The Morgan fingerprint density at radius 3 is 2.60 bits per heavy atom. The van der Waals surface area contributed by atoms with E-state index in [0.717, 1.165) is 6.42 Å². The first-order chi connectivity index (χ1) is 9.48. The molecule has 1 unspecified atom stereocenters. The van der Waals surface area contributed by atoms with Crippen molar-refractivity contribution < 1.29 is 9.59 Å². The quantitative estimate of drug-likeness (QED) is 0.820. The number of carbonyl (C=O) groups is 2. The van der Waals surface area contributed by atoms with Crippen molar-refractivity contribution >= 4 is 29.1 Å². The molecule has 108 valence electrons. The van der Waals surface area contributed by atoms with Crippen molar-refractivity contribution in [3.63, 3.8) is 0 Å².